The first kappa shape index (κ1) is 22.0. The van der Waals surface area contributed by atoms with Gasteiger partial charge in [0.1, 0.15) is 17.3 Å². The van der Waals surface area contributed by atoms with Crippen LogP contribution in [-0.4, -0.2) is 39.1 Å². The van der Waals surface area contributed by atoms with Crippen molar-refractivity contribution in [2.75, 3.05) is 18.0 Å². The lowest BCUT2D eigenvalue weighted by Crippen LogP contribution is -2.43. The van der Waals surface area contributed by atoms with Gasteiger partial charge in [-0.05, 0) is 42.5 Å². The highest BCUT2D eigenvalue weighted by Crippen LogP contribution is 2.34. The maximum absolute atomic E-state index is 13.2. The Bertz CT molecular complexity index is 1050. The number of aliphatic hydroxyl groups is 2. The van der Waals surface area contributed by atoms with Crippen molar-refractivity contribution in [1.29, 1.82) is 0 Å². The van der Waals surface area contributed by atoms with E-state index in [2.05, 4.69) is 9.97 Å². The van der Waals surface area contributed by atoms with Crippen LogP contribution in [-0.2, 0) is 5.60 Å². The monoisotopic (exact) mass is 435 g/mol. The number of benzene rings is 2. The van der Waals surface area contributed by atoms with E-state index >= 15 is 0 Å². The van der Waals surface area contributed by atoms with E-state index in [4.69, 9.17) is 0 Å². The molecule has 3 aromatic rings. The third-order valence-electron chi connectivity index (χ3n) is 6.03. The minimum Gasteiger partial charge on any atom is -0.388 e. The van der Waals surface area contributed by atoms with Crippen molar-refractivity contribution in [3.8, 4) is 0 Å². The molecule has 1 atom stereocenters. The molecular formula is C25H26FN3O3. The van der Waals surface area contributed by atoms with Crippen LogP contribution in [0.3, 0.4) is 0 Å². The van der Waals surface area contributed by atoms with Gasteiger partial charge in [0.05, 0.1) is 24.1 Å². The van der Waals surface area contributed by atoms with Crippen LogP contribution >= 0.6 is 0 Å². The summed E-state index contributed by atoms with van der Waals surface area (Å²) in [5.41, 5.74) is 0.730. The number of carbonyl (C=O) groups is 1. The van der Waals surface area contributed by atoms with Crippen molar-refractivity contribution >= 4 is 11.6 Å². The minimum absolute atomic E-state index is 0.165. The Morgan fingerprint density at radius 3 is 2.44 bits per heavy atom. The highest BCUT2D eigenvalue weighted by molar-refractivity contribution is 5.94. The van der Waals surface area contributed by atoms with Crippen molar-refractivity contribution in [1.82, 2.24) is 9.97 Å². The third-order valence-corrected chi connectivity index (χ3v) is 6.03. The van der Waals surface area contributed by atoms with Gasteiger partial charge in [0.2, 0.25) is 0 Å². The quantitative estimate of drug-likeness (QED) is 0.549. The predicted octanol–water partition coefficient (Wildman–Crippen LogP) is 3.80. The van der Waals surface area contributed by atoms with Crippen molar-refractivity contribution < 1.29 is 19.4 Å². The molecule has 2 aromatic carbocycles. The van der Waals surface area contributed by atoms with Crippen LogP contribution in [0.5, 0.6) is 0 Å². The van der Waals surface area contributed by atoms with Gasteiger partial charge in [-0.3, -0.25) is 9.78 Å². The summed E-state index contributed by atoms with van der Waals surface area (Å²) in [5.74, 6) is 0.0811. The van der Waals surface area contributed by atoms with E-state index in [1.165, 1.54) is 18.3 Å². The molecule has 1 aliphatic rings. The lowest BCUT2D eigenvalue weighted by atomic mass is 9.84. The summed E-state index contributed by atoms with van der Waals surface area (Å²) in [5, 5.41) is 21.3. The van der Waals surface area contributed by atoms with E-state index in [-0.39, 0.29) is 23.7 Å². The van der Waals surface area contributed by atoms with E-state index < -0.39 is 11.7 Å². The molecule has 0 bridgehead atoms. The summed E-state index contributed by atoms with van der Waals surface area (Å²) in [6.45, 7) is 1.07. The van der Waals surface area contributed by atoms with Gasteiger partial charge >= 0.3 is 0 Å². The van der Waals surface area contributed by atoms with E-state index in [9.17, 15) is 19.4 Å². The van der Waals surface area contributed by atoms with Crippen LogP contribution in [0.4, 0.5) is 10.2 Å². The van der Waals surface area contributed by atoms with Gasteiger partial charge in [0, 0.05) is 19.5 Å². The number of ketones is 1. The fourth-order valence-corrected chi connectivity index (χ4v) is 4.03. The Morgan fingerprint density at radius 2 is 1.75 bits per heavy atom. The van der Waals surface area contributed by atoms with Gasteiger partial charge in [-0.2, -0.15) is 0 Å². The van der Waals surface area contributed by atoms with Gasteiger partial charge in [-0.15, -0.1) is 0 Å². The second-order valence-electron chi connectivity index (χ2n) is 8.18. The lowest BCUT2D eigenvalue weighted by Gasteiger charge is -2.39. The predicted molar refractivity (Wildman–Crippen MR) is 119 cm³/mol. The maximum atomic E-state index is 13.2. The SMILES string of the molecule is O=C(CCC(O)c1ccccc1)c1cncc(N2CCC(O)(c3ccc(F)cc3)CC2)n1. The molecule has 6 nitrogen and oxygen atoms in total. The molecule has 1 saturated heterocycles. The van der Waals surface area contributed by atoms with Crippen molar-refractivity contribution in [2.24, 2.45) is 0 Å². The van der Waals surface area contributed by atoms with Crippen molar-refractivity contribution in [2.45, 2.75) is 37.4 Å². The van der Waals surface area contributed by atoms with Crippen LogP contribution in [0.15, 0.2) is 67.0 Å². The summed E-state index contributed by atoms with van der Waals surface area (Å²) in [7, 11) is 0. The molecule has 1 fully saturated rings. The number of anilines is 1. The number of aromatic nitrogens is 2. The van der Waals surface area contributed by atoms with Crippen LogP contribution < -0.4 is 4.90 Å². The molecular weight excluding hydrogens is 409 g/mol. The maximum Gasteiger partial charge on any atom is 0.182 e. The fourth-order valence-electron chi connectivity index (χ4n) is 4.03. The average Bonchev–Trinajstić information content (AvgIpc) is 2.83. The number of hydrogen-bond donors (Lipinski definition) is 2. The van der Waals surface area contributed by atoms with Gasteiger partial charge in [-0.1, -0.05) is 42.5 Å². The van der Waals surface area contributed by atoms with Gasteiger partial charge < -0.3 is 15.1 Å². The Kier molecular flexibility index (Phi) is 6.58. The molecule has 32 heavy (non-hydrogen) atoms. The third kappa shape index (κ3) is 5.00. The van der Waals surface area contributed by atoms with Crippen molar-refractivity contribution in [3.63, 3.8) is 0 Å². The summed E-state index contributed by atoms with van der Waals surface area (Å²) in [6.07, 6.45) is 3.74. The van der Waals surface area contributed by atoms with Gasteiger partial charge in [-0.25, -0.2) is 9.37 Å². The number of halogens is 1. The number of hydrogen-bond acceptors (Lipinski definition) is 6. The average molecular weight is 435 g/mol. The van der Waals surface area contributed by atoms with Crippen LogP contribution in [0, 0.1) is 5.82 Å². The largest absolute Gasteiger partial charge is 0.388 e. The summed E-state index contributed by atoms with van der Waals surface area (Å²) < 4.78 is 13.2. The molecule has 1 aliphatic heterocycles. The first-order valence-corrected chi connectivity index (χ1v) is 10.8. The zero-order chi connectivity index (χ0) is 22.6. The zero-order valence-corrected chi connectivity index (χ0v) is 17.7. The van der Waals surface area contributed by atoms with Gasteiger partial charge in [0.25, 0.3) is 0 Å². The first-order valence-electron chi connectivity index (χ1n) is 10.8. The van der Waals surface area contributed by atoms with Crippen LogP contribution in [0.1, 0.15) is 53.4 Å². The number of Topliss-reactive ketones (excluding diaryl/α,β-unsaturated/α-hetero) is 1. The smallest absolute Gasteiger partial charge is 0.182 e. The molecule has 0 amide bonds. The lowest BCUT2D eigenvalue weighted by molar-refractivity contribution is 0.0116. The van der Waals surface area contributed by atoms with Crippen molar-refractivity contribution in [3.05, 3.63) is 89.6 Å². The Balaban J connectivity index is 1.37. The van der Waals surface area contributed by atoms with Crippen LogP contribution in [0.25, 0.3) is 0 Å². The highest BCUT2D eigenvalue weighted by Gasteiger charge is 2.34. The molecule has 1 aromatic heterocycles. The fraction of sp³-hybridized carbons (Fsp3) is 0.320. The number of aliphatic hydroxyl groups excluding tert-OH is 1. The molecule has 166 valence electrons. The standard InChI is InChI=1S/C25H26FN3O3/c26-20-8-6-19(7-9-20)25(32)12-14-29(15-13-25)24-17-27-16-21(28-24)23(31)11-10-22(30)18-4-2-1-3-5-18/h1-9,16-17,22,30,32H,10-15H2. The number of carbonyl (C=O) groups excluding carboxylic acids is 1. The first-order chi connectivity index (χ1) is 15.4. The summed E-state index contributed by atoms with van der Waals surface area (Å²) >= 11 is 0. The van der Waals surface area contributed by atoms with E-state index in [0.29, 0.717) is 43.7 Å². The zero-order valence-electron chi connectivity index (χ0n) is 17.7. The molecule has 2 N–H and O–H groups in total. The Labute approximate surface area is 186 Å². The molecule has 7 heteroatoms. The molecule has 2 heterocycles. The Hall–Kier alpha value is -3.16. The van der Waals surface area contributed by atoms with Gasteiger partial charge in [0.15, 0.2) is 5.78 Å². The van der Waals surface area contributed by atoms with E-state index in [0.717, 1.165) is 5.56 Å². The topological polar surface area (TPSA) is 86.5 Å². The molecule has 0 aliphatic carbocycles. The second kappa shape index (κ2) is 9.54. The molecule has 1 unspecified atom stereocenters. The molecule has 0 radical (unpaired) electrons. The number of piperidine rings is 1. The molecule has 0 spiro atoms. The Morgan fingerprint density at radius 1 is 1.06 bits per heavy atom. The molecule has 4 rings (SSSR count). The normalized spacial score (nSPS) is 16.5. The summed E-state index contributed by atoms with van der Waals surface area (Å²) in [6, 6.07) is 15.2. The second-order valence-corrected chi connectivity index (χ2v) is 8.18. The number of rotatable bonds is 7. The highest BCUT2D eigenvalue weighted by atomic mass is 19.1. The summed E-state index contributed by atoms with van der Waals surface area (Å²) in [4.78, 5) is 23.3. The number of nitrogens with zero attached hydrogens (tertiary/aromatic N) is 3. The van der Waals surface area contributed by atoms with E-state index in [1.54, 1.807) is 18.3 Å². The molecule has 0 saturated carbocycles. The van der Waals surface area contributed by atoms with E-state index in [1.807, 2.05) is 35.2 Å². The minimum atomic E-state index is -1.02. The van der Waals surface area contributed by atoms with Crippen LogP contribution in [0.2, 0.25) is 0 Å².